The summed E-state index contributed by atoms with van der Waals surface area (Å²) in [7, 11) is 0. The van der Waals surface area contributed by atoms with E-state index in [1.165, 1.54) is 32.0 Å². The average molecular weight is 576 g/mol. The van der Waals surface area contributed by atoms with Gasteiger partial charge in [-0.1, -0.05) is 12.8 Å². The molecule has 2 saturated carbocycles. The number of nitrogens with one attached hydrogen (secondary N) is 1. The minimum atomic E-state index is -1.13. The number of cyclic esters (lactones) is 1. The number of aromatic nitrogens is 4. The van der Waals surface area contributed by atoms with Gasteiger partial charge in [0.1, 0.15) is 17.9 Å². The number of hydrogen-bond donors (Lipinski definition) is 2. The van der Waals surface area contributed by atoms with Gasteiger partial charge in [0.2, 0.25) is 5.28 Å². The van der Waals surface area contributed by atoms with E-state index in [4.69, 9.17) is 25.8 Å². The fraction of sp³-hybridized carbons (Fsp3) is 0.704. The first-order valence-corrected chi connectivity index (χ1v) is 14.5. The highest BCUT2D eigenvalue weighted by molar-refractivity contribution is 6.28. The SMILES string of the molecule is C[C@]1(CO)O[C@@H](n2cnc3c(NC(=O)[C@H]4CCC(=O)O4)nc(Cl)nc32)C[C@@H]1OC(=O)C1CCC2(CCCC2)CC1. The molecule has 216 valence electrons. The predicted molar refractivity (Wildman–Crippen MR) is 141 cm³/mol. The lowest BCUT2D eigenvalue weighted by atomic mass is 9.69. The number of anilines is 1. The van der Waals surface area contributed by atoms with Crippen molar-refractivity contribution in [3.8, 4) is 0 Å². The third kappa shape index (κ3) is 5.05. The summed E-state index contributed by atoms with van der Waals surface area (Å²) in [4.78, 5) is 50.0. The number of rotatable bonds is 6. The van der Waals surface area contributed by atoms with Crippen LogP contribution in [0.15, 0.2) is 6.33 Å². The van der Waals surface area contributed by atoms with Gasteiger partial charge in [-0.15, -0.1) is 0 Å². The number of hydrogen-bond acceptors (Lipinski definition) is 10. The number of imidazole rings is 1. The number of aliphatic hydroxyl groups excluding tert-OH is 1. The number of nitrogens with zero attached hydrogens (tertiary/aromatic N) is 4. The number of carbonyl (C=O) groups excluding carboxylic acids is 3. The molecule has 4 aliphatic rings. The number of esters is 2. The first-order chi connectivity index (χ1) is 19.2. The summed E-state index contributed by atoms with van der Waals surface area (Å²) in [5, 5.41) is 12.7. The van der Waals surface area contributed by atoms with Crippen LogP contribution < -0.4 is 5.32 Å². The third-order valence-electron chi connectivity index (χ3n) is 9.24. The molecule has 2 saturated heterocycles. The van der Waals surface area contributed by atoms with E-state index in [2.05, 4.69) is 20.3 Å². The van der Waals surface area contributed by atoms with Gasteiger partial charge in [-0.25, -0.2) is 4.98 Å². The molecule has 1 amide bonds. The van der Waals surface area contributed by atoms with Gasteiger partial charge in [0.05, 0.1) is 18.9 Å². The summed E-state index contributed by atoms with van der Waals surface area (Å²) in [5.41, 5.74) is -0.146. The molecule has 1 spiro atoms. The first-order valence-electron chi connectivity index (χ1n) is 14.1. The van der Waals surface area contributed by atoms with Crippen molar-refractivity contribution in [1.82, 2.24) is 19.5 Å². The van der Waals surface area contributed by atoms with Crippen LogP contribution in [0.1, 0.15) is 83.8 Å². The molecule has 2 aliphatic carbocycles. The summed E-state index contributed by atoms with van der Waals surface area (Å²) in [6.45, 7) is 1.37. The van der Waals surface area contributed by atoms with Crippen LogP contribution in [0, 0.1) is 11.3 Å². The van der Waals surface area contributed by atoms with Crippen LogP contribution in [0.25, 0.3) is 11.2 Å². The Balaban J connectivity index is 1.17. The van der Waals surface area contributed by atoms with Gasteiger partial charge in [0.15, 0.2) is 23.1 Å². The van der Waals surface area contributed by atoms with Crippen LogP contribution in [-0.2, 0) is 28.6 Å². The van der Waals surface area contributed by atoms with Crippen LogP contribution in [0.5, 0.6) is 0 Å². The molecule has 0 bridgehead atoms. The summed E-state index contributed by atoms with van der Waals surface area (Å²) in [5.74, 6) is -1.27. The van der Waals surface area contributed by atoms with Gasteiger partial charge >= 0.3 is 11.9 Å². The molecule has 2 aromatic heterocycles. The zero-order valence-corrected chi connectivity index (χ0v) is 23.2. The summed E-state index contributed by atoms with van der Waals surface area (Å²) in [6.07, 6.45) is 8.85. The van der Waals surface area contributed by atoms with Gasteiger partial charge in [-0.2, -0.15) is 9.97 Å². The van der Waals surface area contributed by atoms with Crippen molar-refractivity contribution in [2.24, 2.45) is 11.3 Å². The molecule has 6 rings (SSSR count). The van der Waals surface area contributed by atoms with E-state index < -0.39 is 35.9 Å². The molecule has 0 aromatic carbocycles. The number of carbonyl (C=O) groups is 3. The second kappa shape index (κ2) is 10.5. The minimum absolute atomic E-state index is 0.0740. The van der Waals surface area contributed by atoms with Gasteiger partial charge in [-0.05, 0) is 62.5 Å². The van der Waals surface area contributed by atoms with Gasteiger partial charge in [0.25, 0.3) is 5.91 Å². The van der Waals surface area contributed by atoms with E-state index in [0.29, 0.717) is 11.1 Å². The van der Waals surface area contributed by atoms with Crippen LogP contribution in [0.2, 0.25) is 5.28 Å². The smallest absolute Gasteiger partial charge is 0.309 e. The maximum atomic E-state index is 13.2. The molecule has 12 nitrogen and oxygen atoms in total. The zero-order chi connectivity index (χ0) is 28.1. The van der Waals surface area contributed by atoms with E-state index in [0.717, 1.165) is 25.7 Å². The molecule has 4 heterocycles. The molecule has 4 fully saturated rings. The number of halogens is 1. The van der Waals surface area contributed by atoms with E-state index in [1.54, 1.807) is 11.5 Å². The molecular formula is C27H34ClN5O7. The first kappa shape index (κ1) is 27.3. The quantitative estimate of drug-likeness (QED) is 0.386. The molecule has 2 aliphatic heterocycles. The van der Waals surface area contributed by atoms with E-state index in [9.17, 15) is 19.5 Å². The van der Waals surface area contributed by atoms with Gasteiger partial charge in [-0.3, -0.25) is 19.0 Å². The van der Waals surface area contributed by atoms with Gasteiger partial charge in [0, 0.05) is 19.3 Å². The Labute approximate surface area is 236 Å². The fourth-order valence-electron chi connectivity index (χ4n) is 6.77. The van der Waals surface area contributed by atoms with Gasteiger partial charge < -0.3 is 24.6 Å². The number of aliphatic hydroxyl groups is 1. The van der Waals surface area contributed by atoms with Crippen LogP contribution >= 0.6 is 11.6 Å². The Morgan fingerprint density at radius 3 is 2.62 bits per heavy atom. The monoisotopic (exact) mass is 575 g/mol. The van der Waals surface area contributed by atoms with E-state index in [1.807, 2.05) is 0 Å². The Hall–Kier alpha value is -2.83. The molecule has 0 unspecified atom stereocenters. The zero-order valence-electron chi connectivity index (χ0n) is 22.4. The average Bonchev–Trinajstić information content (AvgIpc) is 3.72. The van der Waals surface area contributed by atoms with Crippen molar-refractivity contribution in [1.29, 1.82) is 0 Å². The maximum absolute atomic E-state index is 13.2. The van der Waals surface area contributed by atoms with Crippen molar-refractivity contribution in [2.75, 3.05) is 11.9 Å². The van der Waals surface area contributed by atoms with Crippen molar-refractivity contribution in [3.63, 3.8) is 0 Å². The number of fused-ring (bicyclic) bond motifs is 1. The highest BCUT2D eigenvalue weighted by Crippen LogP contribution is 2.50. The van der Waals surface area contributed by atoms with Crippen molar-refractivity contribution >= 4 is 46.4 Å². The second-order valence-electron chi connectivity index (χ2n) is 11.9. The Bertz CT molecular complexity index is 1320. The maximum Gasteiger partial charge on any atom is 0.309 e. The molecule has 0 radical (unpaired) electrons. The standard InChI is InChI=1S/C27H34ClN5O7/c1-26(13-34)17(39-24(37)15-6-10-27(11-7-15)8-2-3-9-27)12-18(40-26)33-14-29-20-21(31-25(28)32-22(20)33)30-23(36)16-4-5-19(35)38-16/h14-18,34H,2-13H2,1H3,(H,30,31,32,36)/t16-,17+,18-,26-/m1/s1. The van der Waals surface area contributed by atoms with Crippen LogP contribution in [0.4, 0.5) is 5.82 Å². The lowest BCUT2D eigenvalue weighted by Crippen LogP contribution is -2.43. The topological polar surface area (TPSA) is 155 Å². The lowest BCUT2D eigenvalue weighted by molar-refractivity contribution is -0.170. The summed E-state index contributed by atoms with van der Waals surface area (Å²) in [6, 6.07) is 0. The predicted octanol–water partition coefficient (Wildman–Crippen LogP) is 3.46. The van der Waals surface area contributed by atoms with E-state index in [-0.39, 0.29) is 54.4 Å². The molecular weight excluding hydrogens is 542 g/mol. The van der Waals surface area contributed by atoms with Crippen molar-refractivity contribution in [3.05, 3.63) is 11.6 Å². The highest BCUT2D eigenvalue weighted by Gasteiger charge is 2.50. The molecule has 40 heavy (non-hydrogen) atoms. The van der Waals surface area contributed by atoms with E-state index >= 15 is 0 Å². The van der Waals surface area contributed by atoms with Crippen LogP contribution in [-0.4, -0.2) is 66.9 Å². The molecule has 4 atom stereocenters. The van der Waals surface area contributed by atoms with Crippen molar-refractivity contribution < 1.29 is 33.7 Å². The van der Waals surface area contributed by atoms with Crippen LogP contribution in [0.3, 0.4) is 0 Å². The van der Waals surface area contributed by atoms with Crippen molar-refractivity contribution in [2.45, 2.75) is 102 Å². The normalized spacial score (nSPS) is 30.2. The Morgan fingerprint density at radius 1 is 1.20 bits per heavy atom. The summed E-state index contributed by atoms with van der Waals surface area (Å²) >= 11 is 6.19. The number of ether oxygens (including phenoxy) is 3. The Morgan fingerprint density at radius 2 is 1.95 bits per heavy atom. The highest BCUT2D eigenvalue weighted by atomic mass is 35.5. The lowest BCUT2D eigenvalue weighted by Gasteiger charge is -2.37. The molecule has 2 N–H and O–H groups in total. The number of amides is 1. The Kier molecular flexibility index (Phi) is 7.20. The second-order valence-corrected chi connectivity index (χ2v) is 12.2. The molecule has 2 aromatic rings. The largest absolute Gasteiger partial charge is 0.459 e. The molecule has 13 heteroatoms. The fourth-order valence-corrected chi connectivity index (χ4v) is 6.94. The summed E-state index contributed by atoms with van der Waals surface area (Å²) < 4.78 is 18.9. The minimum Gasteiger partial charge on any atom is -0.459 e. The third-order valence-corrected chi connectivity index (χ3v) is 9.41.